The molecule has 1 aliphatic heterocycles. The van der Waals surface area contributed by atoms with E-state index in [4.69, 9.17) is 16.6 Å². The van der Waals surface area contributed by atoms with Crippen molar-refractivity contribution >= 4 is 40.3 Å². The van der Waals surface area contributed by atoms with Gasteiger partial charge in [-0.2, -0.15) is 5.26 Å². The Bertz CT molecular complexity index is 877. The second-order valence-electron chi connectivity index (χ2n) is 5.19. The molecule has 3 rings (SSSR count). The lowest BCUT2D eigenvalue weighted by molar-refractivity contribution is -0.122. The number of hydrogen-bond donors (Lipinski definition) is 0. The molecule has 2 heterocycles. The van der Waals surface area contributed by atoms with Crippen molar-refractivity contribution in [2.75, 3.05) is 6.54 Å². The van der Waals surface area contributed by atoms with E-state index in [1.807, 2.05) is 25.1 Å². The van der Waals surface area contributed by atoms with Crippen LogP contribution >= 0.6 is 24.0 Å². The van der Waals surface area contributed by atoms with Crippen molar-refractivity contribution < 1.29 is 9.21 Å². The molecule has 1 fully saturated rings. The van der Waals surface area contributed by atoms with E-state index in [1.54, 1.807) is 29.2 Å². The number of thiocarbonyl (C=S) groups is 1. The Labute approximate surface area is 149 Å². The average Bonchev–Trinajstić information content (AvgIpc) is 3.15. The van der Waals surface area contributed by atoms with Crippen molar-refractivity contribution in [1.82, 2.24) is 4.90 Å². The van der Waals surface area contributed by atoms with Gasteiger partial charge in [-0.15, -0.1) is 0 Å². The lowest BCUT2D eigenvalue weighted by Crippen LogP contribution is -2.28. The smallest absolute Gasteiger partial charge is 0.266 e. The molecule has 6 heteroatoms. The number of nitriles is 1. The predicted octanol–water partition coefficient (Wildman–Crippen LogP) is 4.43. The molecule has 1 aliphatic rings. The number of benzene rings is 1. The van der Waals surface area contributed by atoms with Gasteiger partial charge in [-0.05, 0) is 30.7 Å². The summed E-state index contributed by atoms with van der Waals surface area (Å²) in [6, 6.07) is 13.0. The minimum atomic E-state index is -0.0813. The first kappa shape index (κ1) is 16.5. The maximum Gasteiger partial charge on any atom is 0.266 e. The maximum atomic E-state index is 12.4. The number of carbonyl (C=O) groups excluding carboxylic acids is 1. The van der Waals surface area contributed by atoms with Gasteiger partial charge >= 0.3 is 0 Å². The summed E-state index contributed by atoms with van der Waals surface area (Å²) in [7, 11) is 0. The SMILES string of the molecule is CCCN1C(=O)/C(=C/c2ccc(-c3ccccc3C#N)o2)SC1=S. The van der Waals surface area contributed by atoms with Gasteiger partial charge in [0.2, 0.25) is 0 Å². The van der Waals surface area contributed by atoms with Crippen LogP contribution in [0.2, 0.25) is 0 Å². The zero-order valence-electron chi connectivity index (χ0n) is 13.0. The number of rotatable bonds is 4. The highest BCUT2D eigenvalue weighted by molar-refractivity contribution is 8.26. The lowest BCUT2D eigenvalue weighted by Gasteiger charge is -2.11. The molecule has 0 aliphatic carbocycles. The number of thioether (sulfide) groups is 1. The van der Waals surface area contributed by atoms with Crippen LogP contribution in [-0.2, 0) is 4.79 Å². The van der Waals surface area contributed by atoms with Crippen LogP contribution in [0, 0.1) is 11.3 Å². The number of nitrogens with zero attached hydrogens (tertiary/aromatic N) is 2. The van der Waals surface area contributed by atoms with Crippen LogP contribution in [0.4, 0.5) is 0 Å². The quantitative estimate of drug-likeness (QED) is 0.600. The summed E-state index contributed by atoms with van der Waals surface area (Å²) in [6.45, 7) is 2.63. The molecule has 1 saturated heterocycles. The third-order valence-electron chi connectivity index (χ3n) is 3.53. The Hall–Kier alpha value is -2.36. The molecule has 0 radical (unpaired) electrons. The van der Waals surface area contributed by atoms with Gasteiger partial charge < -0.3 is 4.42 Å². The lowest BCUT2D eigenvalue weighted by atomic mass is 10.1. The Morgan fingerprint density at radius 1 is 1.33 bits per heavy atom. The highest BCUT2D eigenvalue weighted by Gasteiger charge is 2.31. The molecule has 0 unspecified atom stereocenters. The third-order valence-corrected chi connectivity index (χ3v) is 4.91. The van der Waals surface area contributed by atoms with Gasteiger partial charge in [0, 0.05) is 18.2 Å². The van der Waals surface area contributed by atoms with Gasteiger partial charge in [0.15, 0.2) is 0 Å². The predicted molar refractivity (Wildman–Crippen MR) is 99.0 cm³/mol. The zero-order chi connectivity index (χ0) is 17.1. The first-order chi connectivity index (χ1) is 11.6. The second kappa shape index (κ2) is 7.04. The largest absolute Gasteiger partial charge is 0.457 e. The highest BCUT2D eigenvalue weighted by Crippen LogP contribution is 2.34. The van der Waals surface area contributed by atoms with Crippen LogP contribution in [0.1, 0.15) is 24.7 Å². The molecule has 24 heavy (non-hydrogen) atoms. The van der Waals surface area contributed by atoms with E-state index < -0.39 is 0 Å². The fourth-order valence-electron chi connectivity index (χ4n) is 2.42. The minimum absolute atomic E-state index is 0.0813. The molecule has 0 N–H and O–H groups in total. The summed E-state index contributed by atoms with van der Waals surface area (Å²) in [6.07, 6.45) is 2.56. The van der Waals surface area contributed by atoms with Crippen LogP contribution in [-0.4, -0.2) is 21.7 Å². The van der Waals surface area contributed by atoms with E-state index in [9.17, 15) is 10.1 Å². The fourth-order valence-corrected chi connectivity index (χ4v) is 3.70. The molecular formula is C18H14N2O2S2. The van der Waals surface area contributed by atoms with Crippen LogP contribution in [0.3, 0.4) is 0 Å². The van der Waals surface area contributed by atoms with Crippen molar-refractivity contribution in [2.45, 2.75) is 13.3 Å². The third kappa shape index (κ3) is 3.14. The number of carbonyl (C=O) groups is 1. The maximum absolute atomic E-state index is 12.4. The van der Waals surface area contributed by atoms with Gasteiger partial charge in [-0.3, -0.25) is 9.69 Å². The summed E-state index contributed by atoms with van der Waals surface area (Å²) in [4.78, 5) is 14.5. The fraction of sp³-hybridized carbons (Fsp3) is 0.167. The number of furan rings is 1. The molecular weight excluding hydrogens is 340 g/mol. The number of amides is 1. The summed E-state index contributed by atoms with van der Waals surface area (Å²) < 4.78 is 6.38. The zero-order valence-corrected chi connectivity index (χ0v) is 14.6. The molecule has 120 valence electrons. The van der Waals surface area contributed by atoms with E-state index in [0.717, 1.165) is 12.0 Å². The standard InChI is InChI=1S/C18H14N2O2S2/c1-2-9-20-17(21)16(24-18(20)23)10-13-7-8-15(22-13)14-6-4-3-5-12(14)11-19/h3-8,10H,2,9H2,1H3/b16-10-. The average molecular weight is 354 g/mol. The molecule has 0 bridgehead atoms. The summed E-state index contributed by atoms with van der Waals surface area (Å²) in [5.74, 6) is 1.08. The molecule has 2 aromatic rings. The monoisotopic (exact) mass is 354 g/mol. The molecule has 4 nitrogen and oxygen atoms in total. The Morgan fingerprint density at radius 2 is 2.12 bits per heavy atom. The Kier molecular flexibility index (Phi) is 4.84. The van der Waals surface area contributed by atoms with Crippen LogP contribution in [0.25, 0.3) is 17.4 Å². The van der Waals surface area contributed by atoms with Crippen LogP contribution < -0.4 is 0 Å². The van der Waals surface area contributed by atoms with Crippen LogP contribution in [0.5, 0.6) is 0 Å². The molecule has 0 spiro atoms. The van der Waals surface area contributed by atoms with Crippen LogP contribution in [0.15, 0.2) is 45.7 Å². The summed E-state index contributed by atoms with van der Waals surface area (Å²) in [5, 5.41) is 9.19. The van der Waals surface area contributed by atoms with E-state index in [0.29, 0.717) is 32.9 Å². The Balaban J connectivity index is 1.88. The van der Waals surface area contributed by atoms with E-state index >= 15 is 0 Å². The highest BCUT2D eigenvalue weighted by atomic mass is 32.2. The summed E-state index contributed by atoms with van der Waals surface area (Å²) >= 11 is 6.54. The van der Waals surface area contributed by atoms with Crippen molar-refractivity contribution in [3.05, 3.63) is 52.6 Å². The second-order valence-corrected chi connectivity index (χ2v) is 6.87. The molecule has 1 aromatic carbocycles. The first-order valence-corrected chi connectivity index (χ1v) is 8.71. The minimum Gasteiger partial charge on any atom is -0.457 e. The van der Waals surface area contributed by atoms with Crippen molar-refractivity contribution in [1.29, 1.82) is 5.26 Å². The van der Waals surface area contributed by atoms with Crippen molar-refractivity contribution in [3.8, 4) is 17.4 Å². The van der Waals surface area contributed by atoms with Gasteiger partial charge in [0.05, 0.1) is 16.5 Å². The molecule has 1 amide bonds. The van der Waals surface area contributed by atoms with E-state index in [2.05, 4.69) is 6.07 Å². The normalized spacial score (nSPS) is 16.0. The Morgan fingerprint density at radius 3 is 2.88 bits per heavy atom. The topological polar surface area (TPSA) is 57.2 Å². The van der Waals surface area contributed by atoms with Gasteiger partial charge in [-0.1, -0.05) is 43.0 Å². The van der Waals surface area contributed by atoms with Crippen molar-refractivity contribution in [3.63, 3.8) is 0 Å². The van der Waals surface area contributed by atoms with E-state index in [-0.39, 0.29) is 5.91 Å². The molecule has 0 saturated carbocycles. The van der Waals surface area contributed by atoms with Gasteiger partial charge in [0.1, 0.15) is 15.8 Å². The van der Waals surface area contributed by atoms with Crippen molar-refractivity contribution in [2.24, 2.45) is 0 Å². The van der Waals surface area contributed by atoms with Gasteiger partial charge in [-0.25, -0.2) is 0 Å². The summed E-state index contributed by atoms with van der Waals surface area (Å²) in [5.41, 5.74) is 1.28. The molecule has 1 aromatic heterocycles. The molecule has 0 atom stereocenters. The first-order valence-electron chi connectivity index (χ1n) is 7.48. The van der Waals surface area contributed by atoms with E-state index in [1.165, 1.54) is 11.8 Å². The number of hydrogen-bond acceptors (Lipinski definition) is 5. The van der Waals surface area contributed by atoms with Gasteiger partial charge in [0.25, 0.3) is 5.91 Å².